The molecular formula is C20H15ClN2O4. The lowest BCUT2D eigenvalue weighted by Gasteiger charge is -2.17. The Morgan fingerprint density at radius 1 is 0.667 bits per heavy atom. The molecule has 6 nitrogen and oxygen atoms in total. The zero-order chi connectivity index (χ0) is 19.3. The van der Waals surface area contributed by atoms with Gasteiger partial charge in [-0.3, -0.25) is 0 Å². The molecule has 0 aliphatic rings. The maximum Gasteiger partial charge on any atom is 0.328 e. The van der Waals surface area contributed by atoms with E-state index in [1.165, 1.54) is 11.1 Å². The number of rotatable bonds is 2. The number of hydrogen-bond acceptors (Lipinski definition) is 5. The first-order valence-corrected chi connectivity index (χ1v) is 9.19. The molecule has 0 radical (unpaired) electrons. The average Bonchev–Trinajstić information content (AvgIpc) is 2.67. The summed E-state index contributed by atoms with van der Waals surface area (Å²) < 4.78 is 36.1. The maximum atomic E-state index is 8.49. The summed E-state index contributed by atoms with van der Waals surface area (Å²) in [5, 5.41) is 0. The van der Waals surface area contributed by atoms with Crippen LogP contribution in [0.3, 0.4) is 0 Å². The van der Waals surface area contributed by atoms with Crippen molar-refractivity contribution in [2.24, 2.45) is 0 Å². The Kier molecular flexibility index (Phi) is 5.75. The molecule has 136 valence electrons. The van der Waals surface area contributed by atoms with Gasteiger partial charge in [0.2, 0.25) is 0 Å². The predicted molar refractivity (Wildman–Crippen MR) is 88.3 cm³/mol. The van der Waals surface area contributed by atoms with Crippen LogP contribution >= 0.6 is 0 Å². The van der Waals surface area contributed by atoms with Crippen LogP contribution in [-0.4, -0.2) is 4.98 Å². The van der Waals surface area contributed by atoms with Crippen LogP contribution in [0.5, 0.6) is 0 Å². The molecule has 7 heteroatoms. The van der Waals surface area contributed by atoms with E-state index in [9.17, 15) is 0 Å². The number of aromatic nitrogens is 2. The van der Waals surface area contributed by atoms with Crippen LogP contribution in [0.4, 0.5) is 0 Å². The molecule has 0 fully saturated rings. The summed E-state index contributed by atoms with van der Waals surface area (Å²) in [6.45, 7) is 0. The first kappa shape index (κ1) is 18.9. The molecular weight excluding hydrogens is 368 g/mol. The lowest BCUT2D eigenvalue weighted by molar-refractivity contribution is -2.00. The summed E-state index contributed by atoms with van der Waals surface area (Å²) in [5.74, 6) is 0. The van der Waals surface area contributed by atoms with E-state index >= 15 is 0 Å². The minimum Gasteiger partial charge on any atom is -0.222 e. The number of benzene rings is 2. The second kappa shape index (κ2) is 8.22. The van der Waals surface area contributed by atoms with E-state index in [-0.39, 0.29) is 0 Å². The van der Waals surface area contributed by atoms with Crippen molar-refractivity contribution in [3.8, 4) is 22.4 Å². The fourth-order valence-corrected chi connectivity index (χ4v) is 2.77. The van der Waals surface area contributed by atoms with Gasteiger partial charge in [-0.05, 0) is 16.6 Å². The van der Waals surface area contributed by atoms with Gasteiger partial charge in [0, 0.05) is 11.6 Å². The summed E-state index contributed by atoms with van der Waals surface area (Å²) in [5.41, 5.74) is 5.60. The van der Waals surface area contributed by atoms with Crippen molar-refractivity contribution in [3.63, 3.8) is 0 Å². The molecule has 4 aromatic rings. The molecule has 27 heavy (non-hydrogen) atoms. The van der Waals surface area contributed by atoms with Crippen LogP contribution < -0.4 is 23.0 Å². The highest BCUT2D eigenvalue weighted by Gasteiger charge is 2.18. The zero-order valence-corrected chi connectivity index (χ0v) is 14.8. The van der Waals surface area contributed by atoms with Crippen molar-refractivity contribution in [2.45, 2.75) is 0 Å². The fourth-order valence-electron chi connectivity index (χ4n) is 2.77. The maximum absolute atomic E-state index is 8.49. The standard InChI is InChI=1S/C20H15N2.ClHO4/c1-3-9-16(10-4-1)18-15-21-19-13-7-8-14-22(19)20(18)17-11-5-2-6-12-17;2-1(3,4)5/h1-15H;(H,2,3,4,5)/q+1;/p-1. The van der Waals surface area contributed by atoms with Gasteiger partial charge >= 0.3 is 5.65 Å². The van der Waals surface area contributed by atoms with Crippen molar-refractivity contribution in [1.82, 2.24) is 4.98 Å². The summed E-state index contributed by atoms with van der Waals surface area (Å²) in [6.07, 6.45) is 4.03. The van der Waals surface area contributed by atoms with Gasteiger partial charge in [-0.25, -0.2) is 18.6 Å². The van der Waals surface area contributed by atoms with Gasteiger partial charge in [-0.1, -0.05) is 66.7 Å². The minimum atomic E-state index is -4.94. The van der Waals surface area contributed by atoms with Gasteiger partial charge in [-0.15, -0.1) is 10.2 Å². The molecule has 0 bridgehead atoms. The number of fused-ring (bicyclic) bond motifs is 1. The molecule has 0 saturated carbocycles. The Balaban J connectivity index is 0.000000376. The molecule has 0 saturated heterocycles. The average molecular weight is 383 g/mol. The fraction of sp³-hybridized carbons (Fsp3) is 0. The van der Waals surface area contributed by atoms with E-state index in [4.69, 9.17) is 18.6 Å². The van der Waals surface area contributed by atoms with Gasteiger partial charge in [-0.2, -0.15) is 4.40 Å². The Hall–Kier alpha value is -2.87. The Morgan fingerprint density at radius 2 is 1.19 bits per heavy atom. The molecule has 0 atom stereocenters. The van der Waals surface area contributed by atoms with Crippen molar-refractivity contribution < 1.29 is 33.3 Å². The Morgan fingerprint density at radius 3 is 1.78 bits per heavy atom. The van der Waals surface area contributed by atoms with Crippen LogP contribution in [0.25, 0.3) is 28.0 Å². The molecule has 0 spiro atoms. The zero-order valence-electron chi connectivity index (χ0n) is 14.1. The second-order valence-corrected chi connectivity index (χ2v) is 6.32. The quantitative estimate of drug-likeness (QED) is 0.430. The normalized spacial score (nSPS) is 11.0. The summed E-state index contributed by atoms with van der Waals surface area (Å²) in [7, 11) is -4.94. The van der Waals surface area contributed by atoms with Crippen LogP contribution in [0.15, 0.2) is 91.3 Å². The van der Waals surface area contributed by atoms with Crippen molar-refractivity contribution in [2.75, 3.05) is 0 Å². The number of hydrogen-bond donors (Lipinski definition) is 0. The van der Waals surface area contributed by atoms with E-state index in [1.807, 2.05) is 36.5 Å². The highest BCUT2D eigenvalue weighted by atomic mass is 35.7. The van der Waals surface area contributed by atoms with Crippen molar-refractivity contribution >= 4 is 5.65 Å². The monoisotopic (exact) mass is 382 g/mol. The number of nitrogens with zero attached hydrogens (tertiary/aromatic N) is 2. The first-order valence-electron chi connectivity index (χ1n) is 7.95. The SMILES string of the molecule is [O-][Cl+3]([O-])([O-])[O-].c1ccc(-c2cnc3cccc[n+]3c2-c2ccccc2)cc1. The van der Waals surface area contributed by atoms with Crippen LogP contribution in [-0.2, 0) is 0 Å². The number of halogens is 1. The third-order valence-corrected chi connectivity index (χ3v) is 3.79. The topological polar surface area (TPSA) is 109 Å². The number of pyridine rings is 1. The van der Waals surface area contributed by atoms with E-state index in [1.54, 1.807) is 0 Å². The summed E-state index contributed by atoms with van der Waals surface area (Å²) in [6, 6.07) is 26.9. The minimum absolute atomic E-state index is 0.945. The molecule has 4 rings (SSSR count). The molecule has 0 N–H and O–H groups in total. The highest BCUT2D eigenvalue weighted by molar-refractivity contribution is 5.78. The lowest BCUT2D eigenvalue weighted by Crippen LogP contribution is -2.68. The van der Waals surface area contributed by atoms with Gasteiger partial charge in [0.1, 0.15) is 0 Å². The van der Waals surface area contributed by atoms with E-state index in [2.05, 4.69) is 64.1 Å². The third-order valence-electron chi connectivity index (χ3n) is 3.79. The van der Waals surface area contributed by atoms with Gasteiger partial charge in [0.05, 0.1) is 11.8 Å². The lowest BCUT2D eigenvalue weighted by atomic mass is 10.0. The van der Waals surface area contributed by atoms with Crippen molar-refractivity contribution in [1.29, 1.82) is 0 Å². The largest absolute Gasteiger partial charge is 0.328 e. The Labute approximate surface area is 158 Å². The summed E-state index contributed by atoms with van der Waals surface area (Å²) in [4.78, 5) is 4.61. The van der Waals surface area contributed by atoms with Gasteiger partial charge in [0.15, 0.2) is 11.9 Å². The third kappa shape index (κ3) is 5.07. The molecule has 2 heterocycles. The summed E-state index contributed by atoms with van der Waals surface area (Å²) >= 11 is 0. The van der Waals surface area contributed by atoms with E-state index in [0.29, 0.717) is 0 Å². The van der Waals surface area contributed by atoms with Crippen molar-refractivity contribution in [3.05, 3.63) is 91.3 Å². The predicted octanol–water partition coefficient (Wildman–Crippen LogP) is -0.602. The molecule has 0 aliphatic heterocycles. The second-order valence-electron chi connectivity index (χ2n) is 5.56. The smallest absolute Gasteiger partial charge is 0.222 e. The van der Waals surface area contributed by atoms with Crippen LogP contribution in [0, 0.1) is 10.2 Å². The molecule has 2 aromatic heterocycles. The first-order chi connectivity index (χ1) is 12.9. The molecule has 2 aromatic carbocycles. The van der Waals surface area contributed by atoms with E-state index < -0.39 is 10.2 Å². The molecule has 0 unspecified atom stereocenters. The Bertz CT molecular complexity index is 1020. The molecule has 0 aliphatic carbocycles. The van der Waals surface area contributed by atoms with E-state index in [0.717, 1.165) is 16.9 Å². The molecule has 0 amide bonds. The van der Waals surface area contributed by atoms with Gasteiger partial charge < -0.3 is 0 Å². The van der Waals surface area contributed by atoms with Crippen LogP contribution in [0.1, 0.15) is 0 Å². The van der Waals surface area contributed by atoms with Gasteiger partial charge in [0.25, 0.3) is 0 Å². The highest BCUT2D eigenvalue weighted by Crippen LogP contribution is 2.28. The van der Waals surface area contributed by atoms with Crippen LogP contribution in [0.2, 0.25) is 0 Å².